The molecule has 0 fully saturated rings. The first-order valence-electron chi connectivity index (χ1n) is 9.66. The molecule has 0 heterocycles. The van der Waals surface area contributed by atoms with Crippen LogP contribution >= 0.6 is 0 Å². The van der Waals surface area contributed by atoms with E-state index in [1.165, 1.54) is 38.6 Å². The molecule has 0 aliphatic rings. The molecule has 0 bridgehead atoms. The number of rotatable bonds is 2. The van der Waals surface area contributed by atoms with Crippen LogP contribution in [0.15, 0.2) is 91.0 Å². The van der Waals surface area contributed by atoms with E-state index in [2.05, 4.69) is 119 Å². The Morgan fingerprint density at radius 1 is 0.519 bits per heavy atom. The minimum atomic E-state index is 0.591. The van der Waals surface area contributed by atoms with E-state index in [4.69, 9.17) is 0 Å². The van der Waals surface area contributed by atoms with Crippen LogP contribution in [-0.4, -0.2) is 0 Å². The van der Waals surface area contributed by atoms with E-state index in [-0.39, 0.29) is 0 Å². The maximum absolute atomic E-state index is 2.28. The highest BCUT2D eigenvalue weighted by molar-refractivity contribution is 5.88. The summed E-state index contributed by atoms with van der Waals surface area (Å²) in [4.78, 5) is 0. The van der Waals surface area contributed by atoms with E-state index in [0.717, 1.165) is 0 Å². The number of hydrogen-bond donors (Lipinski definition) is 0. The van der Waals surface area contributed by atoms with Crippen molar-refractivity contribution in [1.29, 1.82) is 0 Å². The summed E-state index contributed by atoms with van der Waals surface area (Å²) in [7, 11) is 0. The van der Waals surface area contributed by atoms with Gasteiger partial charge in [-0.15, -0.1) is 0 Å². The maximum atomic E-state index is 2.28. The van der Waals surface area contributed by atoms with E-state index >= 15 is 0 Å². The van der Waals surface area contributed by atoms with Crippen LogP contribution in [-0.2, 0) is 0 Å². The molecule has 0 saturated heterocycles. The van der Waals surface area contributed by atoms with Gasteiger partial charge in [0.15, 0.2) is 0 Å². The highest BCUT2D eigenvalue weighted by atomic mass is 14.1. The van der Waals surface area contributed by atoms with Crippen molar-refractivity contribution in [2.24, 2.45) is 0 Å². The molecule has 4 aromatic rings. The summed E-state index contributed by atoms with van der Waals surface area (Å²) in [5.74, 6) is 0.591. The van der Waals surface area contributed by atoms with Crippen molar-refractivity contribution in [1.82, 2.24) is 0 Å². The van der Waals surface area contributed by atoms with Gasteiger partial charge in [0.05, 0.1) is 0 Å². The molecule has 0 nitrogen and oxygen atoms in total. The second kappa shape index (κ2) is 8.68. The molecule has 0 saturated carbocycles. The van der Waals surface area contributed by atoms with Gasteiger partial charge in [0.2, 0.25) is 0 Å². The highest BCUT2D eigenvalue weighted by Gasteiger charge is 2.01. The smallest absolute Gasteiger partial charge is 0.0152 e. The Morgan fingerprint density at radius 2 is 1.04 bits per heavy atom. The Kier molecular flexibility index (Phi) is 6.08. The zero-order valence-electron chi connectivity index (χ0n) is 16.7. The molecule has 136 valence electrons. The Morgan fingerprint density at radius 3 is 1.59 bits per heavy atom. The zero-order chi connectivity index (χ0) is 19.2. The van der Waals surface area contributed by atoms with Crippen LogP contribution in [0.3, 0.4) is 0 Å². The van der Waals surface area contributed by atoms with Gasteiger partial charge in [-0.1, -0.05) is 105 Å². The van der Waals surface area contributed by atoms with Crippen molar-refractivity contribution in [3.05, 3.63) is 108 Å². The Labute approximate surface area is 163 Å². The first kappa shape index (κ1) is 18.9. The number of aryl methyl sites for hydroxylation is 2. The van der Waals surface area contributed by atoms with E-state index in [9.17, 15) is 0 Å². The Balaban J connectivity index is 0.000000159. The first-order chi connectivity index (χ1) is 13.1. The fourth-order valence-corrected chi connectivity index (χ4v) is 3.31. The van der Waals surface area contributed by atoms with Gasteiger partial charge in [0, 0.05) is 0 Å². The molecule has 0 aliphatic carbocycles. The fraction of sp³-hybridized carbons (Fsp3) is 0.185. The lowest BCUT2D eigenvalue weighted by Crippen LogP contribution is -1.87. The molecule has 27 heavy (non-hydrogen) atoms. The van der Waals surface area contributed by atoms with Crippen LogP contribution in [0.25, 0.3) is 21.9 Å². The summed E-state index contributed by atoms with van der Waals surface area (Å²) >= 11 is 0. The second-order valence-electron chi connectivity index (χ2n) is 7.39. The second-order valence-corrected chi connectivity index (χ2v) is 7.39. The number of fused-ring (bicyclic) bond motifs is 1. The van der Waals surface area contributed by atoms with Crippen molar-refractivity contribution in [3.63, 3.8) is 0 Å². The van der Waals surface area contributed by atoms with Crippen LogP contribution < -0.4 is 0 Å². The third kappa shape index (κ3) is 4.65. The Hall–Kier alpha value is -2.86. The number of benzene rings is 4. The van der Waals surface area contributed by atoms with Crippen LogP contribution in [0.4, 0.5) is 0 Å². The van der Waals surface area contributed by atoms with Crippen molar-refractivity contribution < 1.29 is 0 Å². The largest absolute Gasteiger partial charge is 0.0622 e. The molecule has 0 spiro atoms. The molecule has 4 rings (SSSR count). The monoisotopic (exact) mass is 352 g/mol. The van der Waals surface area contributed by atoms with Gasteiger partial charge >= 0.3 is 0 Å². The SMILES string of the molecule is CC(C)c1cccc(-c2ccccc2)c1.Cc1ccc(C)c2ccccc12. The molecule has 0 aliphatic heterocycles. The predicted molar refractivity (Wildman–Crippen MR) is 119 cm³/mol. The third-order valence-electron chi connectivity index (χ3n) is 5.02. The molecule has 0 heteroatoms. The first-order valence-corrected chi connectivity index (χ1v) is 9.66. The average molecular weight is 353 g/mol. The highest BCUT2D eigenvalue weighted by Crippen LogP contribution is 2.23. The van der Waals surface area contributed by atoms with Gasteiger partial charge in [-0.2, -0.15) is 0 Å². The normalized spacial score (nSPS) is 10.6. The lowest BCUT2D eigenvalue weighted by molar-refractivity contribution is 0.867. The van der Waals surface area contributed by atoms with E-state index in [1.807, 2.05) is 0 Å². The quantitative estimate of drug-likeness (QED) is 0.343. The lowest BCUT2D eigenvalue weighted by Gasteiger charge is -2.08. The summed E-state index contributed by atoms with van der Waals surface area (Å²) in [6, 6.07) is 32.2. The van der Waals surface area contributed by atoms with Crippen LogP contribution in [0.2, 0.25) is 0 Å². The van der Waals surface area contributed by atoms with Crippen LogP contribution in [0.5, 0.6) is 0 Å². The maximum Gasteiger partial charge on any atom is -0.0152 e. The van der Waals surface area contributed by atoms with Gasteiger partial charge in [0.25, 0.3) is 0 Å². The molecular formula is C27H28. The molecule has 0 radical (unpaired) electrons. The van der Waals surface area contributed by atoms with Crippen molar-refractivity contribution in [2.75, 3.05) is 0 Å². The topological polar surface area (TPSA) is 0 Å². The van der Waals surface area contributed by atoms with Gasteiger partial charge in [-0.3, -0.25) is 0 Å². The molecule has 0 aromatic heterocycles. The molecule has 0 atom stereocenters. The minimum Gasteiger partial charge on any atom is -0.0622 e. The Bertz CT molecular complexity index is 970. The average Bonchev–Trinajstić information content (AvgIpc) is 2.72. The van der Waals surface area contributed by atoms with Gasteiger partial charge < -0.3 is 0 Å². The van der Waals surface area contributed by atoms with E-state index < -0.39 is 0 Å². The van der Waals surface area contributed by atoms with Crippen LogP contribution in [0, 0.1) is 13.8 Å². The van der Waals surface area contributed by atoms with Gasteiger partial charge in [-0.25, -0.2) is 0 Å². The number of hydrogen-bond acceptors (Lipinski definition) is 0. The van der Waals surface area contributed by atoms with Crippen molar-refractivity contribution in [3.8, 4) is 11.1 Å². The summed E-state index contributed by atoms with van der Waals surface area (Å²) in [5, 5.41) is 2.75. The summed E-state index contributed by atoms with van der Waals surface area (Å²) < 4.78 is 0. The third-order valence-corrected chi connectivity index (χ3v) is 5.02. The van der Waals surface area contributed by atoms with Crippen molar-refractivity contribution in [2.45, 2.75) is 33.6 Å². The standard InChI is InChI=1S/C15H16.C12H12/c1-12(2)14-9-6-10-15(11-14)13-7-4-3-5-8-13;1-9-7-8-10(2)12-6-4-3-5-11(9)12/h3-12H,1-2H3;3-8H,1-2H3. The van der Waals surface area contributed by atoms with E-state index in [0.29, 0.717) is 5.92 Å². The summed E-state index contributed by atoms with van der Waals surface area (Å²) in [6.07, 6.45) is 0. The zero-order valence-corrected chi connectivity index (χ0v) is 16.7. The van der Waals surface area contributed by atoms with Crippen molar-refractivity contribution >= 4 is 10.8 Å². The lowest BCUT2D eigenvalue weighted by atomic mass is 9.98. The molecule has 4 aromatic carbocycles. The summed E-state index contributed by atoms with van der Waals surface area (Å²) in [5.41, 5.74) is 6.71. The van der Waals surface area contributed by atoms with Gasteiger partial charge in [0.1, 0.15) is 0 Å². The predicted octanol–water partition coefficient (Wildman–Crippen LogP) is 7.93. The molecule has 0 N–H and O–H groups in total. The van der Waals surface area contributed by atoms with Crippen LogP contribution in [0.1, 0.15) is 36.5 Å². The minimum absolute atomic E-state index is 0.591. The summed E-state index contributed by atoms with van der Waals surface area (Å²) in [6.45, 7) is 8.76. The molecule has 0 amide bonds. The van der Waals surface area contributed by atoms with Gasteiger partial charge in [-0.05, 0) is 58.4 Å². The fourth-order valence-electron chi connectivity index (χ4n) is 3.31. The molecular weight excluding hydrogens is 324 g/mol. The van der Waals surface area contributed by atoms with E-state index in [1.54, 1.807) is 0 Å². The molecule has 0 unspecified atom stereocenters.